The number of aryl methyl sites for hydroxylation is 1. The summed E-state index contributed by atoms with van der Waals surface area (Å²) in [7, 11) is -3.43. The van der Waals surface area contributed by atoms with Crippen LogP contribution in [0.3, 0.4) is 0 Å². The molecule has 21 heavy (non-hydrogen) atoms. The van der Waals surface area contributed by atoms with Crippen LogP contribution in [0.5, 0.6) is 0 Å². The van der Waals surface area contributed by atoms with Crippen LogP contribution in [0.15, 0.2) is 11.0 Å². The van der Waals surface area contributed by atoms with Gasteiger partial charge in [0.2, 0.25) is 10.0 Å². The first-order valence-electron chi connectivity index (χ1n) is 7.52. The Bertz CT molecular complexity index is 548. The Balaban J connectivity index is 2.93. The summed E-state index contributed by atoms with van der Waals surface area (Å²) in [6.07, 6.45) is 0.793. The van der Waals surface area contributed by atoms with Gasteiger partial charge < -0.3 is 5.32 Å². The van der Waals surface area contributed by atoms with Gasteiger partial charge in [0.25, 0.3) is 0 Å². The number of hydrogen-bond acceptors (Lipinski definition) is 4. The Kier molecular flexibility index (Phi) is 6.84. The molecule has 0 aliphatic carbocycles. The highest BCUT2D eigenvalue weighted by atomic mass is 32.2. The van der Waals surface area contributed by atoms with Gasteiger partial charge in [-0.2, -0.15) is 0 Å². The Morgan fingerprint density at radius 3 is 2.33 bits per heavy atom. The fourth-order valence-electron chi connectivity index (χ4n) is 2.14. The maximum atomic E-state index is 12.6. The van der Waals surface area contributed by atoms with E-state index in [0.717, 1.165) is 16.2 Å². The molecule has 1 atom stereocenters. The second-order valence-electron chi connectivity index (χ2n) is 6.05. The van der Waals surface area contributed by atoms with Crippen LogP contribution < -0.4 is 10.0 Å². The van der Waals surface area contributed by atoms with Crippen LogP contribution in [0.25, 0.3) is 0 Å². The molecule has 0 bridgehead atoms. The van der Waals surface area contributed by atoms with Crippen molar-refractivity contribution in [3.05, 3.63) is 15.8 Å². The molecule has 0 radical (unpaired) electrons. The lowest BCUT2D eigenvalue weighted by molar-refractivity contribution is 0.437. The van der Waals surface area contributed by atoms with Crippen LogP contribution in [0.1, 0.15) is 50.8 Å². The summed E-state index contributed by atoms with van der Waals surface area (Å²) in [5, 5.41) is 3.32. The molecule has 0 saturated carbocycles. The third kappa shape index (κ3) is 5.36. The molecule has 1 aromatic heterocycles. The number of nitrogens with one attached hydrogen (secondary N) is 2. The first kappa shape index (κ1) is 18.6. The Hall–Kier alpha value is -0.430. The van der Waals surface area contributed by atoms with Crippen LogP contribution in [-0.2, 0) is 16.6 Å². The lowest BCUT2D eigenvalue weighted by atomic mass is 10.0. The van der Waals surface area contributed by atoms with Crippen molar-refractivity contribution in [2.24, 2.45) is 5.92 Å². The van der Waals surface area contributed by atoms with E-state index in [-0.39, 0.29) is 12.0 Å². The van der Waals surface area contributed by atoms with Gasteiger partial charge >= 0.3 is 0 Å². The average Bonchev–Trinajstić information content (AvgIpc) is 2.75. The van der Waals surface area contributed by atoms with Gasteiger partial charge in [0.05, 0.1) is 4.90 Å². The first-order valence-corrected chi connectivity index (χ1v) is 9.82. The van der Waals surface area contributed by atoms with E-state index < -0.39 is 10.0 Å². The van der Waals surface area contributed by atoms with E-state index in [9.17, 15) is 8.42 Å². The molecule has 0 amide bonds. The molecule has 0 aliphatic heterocycles. The standard InChI is InChI=1S/C15H28N2O2S2/c1-7-14(10(2)3)17-21(18,19)15-8-13(20-12(15)6)9-16-11(4)5/h8,10-11,14,16-17H,7,9H2,1-6H3. The van der Waals surface area contributed by atoms with Crippen LogP contribution in [-0.4, -0.2) is 20.5 Å². The van der Waals surface area contributed by atoms with Gasteiger partial charge in [0.15, 0.2) is 0 Å². The zero-order valence-corrected chi connectivity index (χ0v) is 15.5. The van der Waals surface area contributed by atoms with E-state index in [1.54, 1.807) is 17.4 Å². The van der Waals surface area contributed by atoms with Crippen molar-refractivity contribution in [1.29, 1.82) is 0 Å². The fourth-order valence-corrected chi connectivity index (χ4v) is 5.19. The van der Waals surface area contributed by atoms with Crippen molar-refractivity contribution in [3.63, 3.8) is 0 Å². The molecule has 4 nitrogen and oxygen atoms in total. The van der Waals surface area contributed by atoms with Crippen LogP contribution in [0.2, 0.25) is 0 Å². The normalized spacial score (nSPS) is 14.1. The highest BCUT2D eigenvalue weighted by Crippen LogP contribution is 2.26. The molecule has 1 heterocycles. The molecule has 2 N–H and O–H groups in total. The van der Waals surface area contributed by atoms with Crippen LogP contribution in [0.4, 0.5) is 0 Å². The molecule has 0 saturated heterocycles. The van der Waals surface area contributed by atoms with Crippen molar-refractivity contribution in [1.82, 2.24) is 10.0 Å². The van der Waals surface area contributed by atoms with Gasteiger partial charge in [-0.15, -0.1) is 11.3 Å². The maximum Gasteiger partial charge on any atom is 0.241 e. The minimum absolute atomic E-state index is 0.0217. The van der Waals surface area contributed by atoms with Gasteiger partial charge in [0, 0.05) is 28.4 Å². The molecular formula is C15H28N2O2S2. The minimum Gasteiger partial charge on any atom is -0.310 e. The molecule has 6 heteroatoms. The van der Waals surface area contributed by atoms with Gasteiger partial charge in [-0.25, -0.2) is 13.1 Å². The van der Waals surface area contributed by atoms with E-state index in [1.807, 2.05) is 27.7 Å². The zero-order chi connectivity index (χ0) is 16.2. The molecular weight excluding hydrogens is 304 g/mol. The lowest BCUT2D eigenvalue weighted by Crippen LogP contribution is -2.38. The SMILES string of the molecule is CCC(NS(=O)(=O)c1cc(CNC(C)C)sc1C)C(C)C. The molecule has 0 aromatic carbocycles. The number of hydrogen-bond donors (Lipinski definition) is 2. The summed E-state index contributed by atoms with van der Waals surface area (Å²) in [6, 6.07) is 2.16. The minimum atomic E-state index is -3.43. The molecule has 1 aromatic rings. The summed E-state index contributed by atoms with van der Waals surface area (Å²) in [6.45, 7) is 12.8. The summed E-state index contributed by atoms with van der Waals surface area (Å²) in [5.74, 6) is 0.283. The van der Waals surface area contributed by atoms with E-state index >= 15 is 0 Å². The van der Waals surface area contributed by atoms with E-state index in [4.69, 9.17) is 0 Å². The first-order chi connectivity index (χ1) is 9.67. The highest BCUT2D eigenvalue weighted by Gasteiger charge is 2.24. The number of thiophene rings is 1. The summed E-state index contributed by atoms with van der Waals surface area (Å²) >= 11 is 1.54. The van der Waals surface area contributed by atoms with Crippen molar-refractivity contribution in [2.45, 2.75) is 71.5 Å². The summed E-state index contributed by atoms with van der Waals surface area (Å²) in [4.78, 5) is 2.33. The third-order valence-corrected chi connectivity index (χ3v) is 6.24. The van der Waals surface area contributed by atoms with Crippen LogP contribution >= 0.6 is 11.3 Å². The molecule has 1 rings (SSSR count). The topological polar surface area (TPSA) is 58.2 Å². The third-order valence-electron chi connectivity index (χ3n) is 3.45. The Labute approximate surface area is 133 Å². The van der Waals surface area contributed by atoms with Gasteiger partial charge in [-0.1, -0.05) is 34.6 Å². The second-order valence-corrected chi connectivity index (χ2v) is 9.07. The second kappa shape index (κ2) is 7.72. The van der Waals surface area contributed by atoms with E-state index in [2.05, 4.69) is 23.9 Å². The van der Waals surface area contributed by atoms with E-state index in [0.29, 0.717) is 17.5 Å². The van der Waals surface area contributed by atoms with Crippen molar-refractivity contribution >= 4 is 21.4 Å². The van der Waals surface area contributed by atoms with Crippen LogP contribution in [0, 0.1) is 12.8 Å². The van der Waals surface area contributed by atoms with Gasteiger partial charge in [-0.05, 0) is 25.3 Å². The molecule has 0 aliphatic rings. The lowest BCUT2D eigenvalue weighted by Gasteiger charge is -2.20. The summed E-state index contributed by atoms with van der Waals surface area (Å²) < 4.78 is 27.9. The molecule has 122 valence electrons. The summed E-state index contributed by atoms with van der Waals surface area (Å²) in [5.41, 5.74) is 0. The van der Waals surface area contributed by atoms with Crippen molar-refractivity contribution < 1.29 is 8.42 Å². The number of rotatable bonds is 8. The number of sulfonamides is 1. The Morgan fingerprint density at radius 2 is 1.86 bits per heavy atom. The highest BCUT2D eigenvalue weighted by molar-refractivity contribution is 7.89. The fraction of sp³-hybridized carbons (Fsp3) is 0.733. The Morgan fingerprint density at radius 1 is 1.24 bits per heavy atom. The van der Waals surface area contributed by atoms with Crippen molar-refractivity contribution in [3.8, 4) is 0 Å². The largest absolute Gasteiger partial charge is 0.310 e. The zero-order valence-electron chi connectivity index (χ0n) is 13.9. The quantitative estimate of drug-likeness (QED) is 0.768. The van der Waals surface area contributed by atoms with Gasteiger partial charge in [0.1, 0.15) is 0 Å². The molecule has 1 unspecified atom stereocenters. The smallest absolute Gasteiger partial charge is 0.241 e. The monoisotopic (exact) mass is 332 g/mol. The van der Waals surface area contributed by atoms with E-state index in [1.165, 1.54) is 0 Å². The van der Waals surface area contributed by atoms with Crippen molar-refractivity contribution in [2.75, 3.05) is 0 Å². The predicted octanol–water partition coefficient (Wildman–Crippen LogP) is 3.27. The molecule has 0 fully saturated rings. The average molecular weight is 333 g/mol. The predicted molar refractivity (Wildman–Crippen MR) is 90.3 cm³/mol. The maximum absolute atomic E-state index is 12.6. The molecule has 0 spiro atoms. The van der Waals surface area contributed by atoms with Gasteiger partial charge in [-0.3, -0.25) is 0 Å².